The van der Waals surface area contributed by atoms with Gasteiger partial charge in [-0.05, 0) is 17.7 Å². The molecule has 1 aromatic rings. The minimum atomic E-state index is -0.818. The highest BCUT2D eigenvalue weighted by Crippen LogP contribution is 2.37. The number of hydrogen-bond donors (Lipinski definition) is 1. The second kappa shape index (κ2) is 4.57. The summed E-state index contributed by atoms with van der Waals surface area (Å²) in [5, 5.41) is 3.37. The van der Waals surface area contributed by atoms with Crippen LogP contribution < -0.4 is 5.32 Å². The van der Waals surface area contributed by atoms with Crippen molar-refractivity contribution in [3.63, 3.8) is 0 Å². The predicted molar refractivity (Wildman–Crippen MR) is 61.5 cm³/mol. The van der Waals surface area contributed by atoms with E-state index < -0.39 is 11.6 Å². The summed E-state index contributed by atoms with van der Waals surface area (Å²) in [6.45, 7) is 3.06. The van der Waals surface area contributed by atoms with Crippen LogP contribution in [0.3, 0.4) is 0 Å². The van der Waals surface area contributed by atoms with E-state index in [9.17, 15) is 8.78 Å². The van der Waals surface area contributed by atoms with Crippen LogP contribution in [0.15, 0.2) is 18.2 Å². The maximum atomic E-state index is 13.4. The van der Waals surface area contributed by atoms with Crippen molar-refractivity contribution >= 4 is 0 Å². The molecule has 2 aliphatic rings. The van der Waals surface area contributed by atoms with Gasteiger partial charge in [0.15, 0.2) is 11.6 Å². The fourth-order valence-electron chi connectivity index (χ4n) is 2.62. The molecular weight excluding hydrogens is 240 g/mol. The van der Waals surface area contributed by atoms with Crippen LogP contribution in [0.5, 0.6) is 0 Å². The van der Waals surface area contributed by atoms with Crippen LogP contribution in [0.25, 0.3) is 0 Å². The molecule has 98 valence electrons. The molecule has 18 heavy (non-hydrogen) atoms. The van der Waals surface area contributed by atoms with Crippen LogP contribution in [0.1, 0.15) is 5.56 Å². The predicted octanol–water partition coefficient (Wildman–Crippen LogP) is 1.22. The normalized spacial score (nSPS) is 26.7. The third-order valence-corrected chi connectivity index (χ3v) is 3.80. The molecule has 2 fully saturated rings. The Morgan fingerprint density at radius 1 is 1.17 bits per heavy atom. The summed E-state index contributed by atoms with van der Waals surface area (Å²) < 4.78 is 37.1. The zero-order chi connectivity index (χ0) is 12.6. The molecule has 3 nitrogen and oxygen atoms in total. The second-order valence-corrected chi connectivity index (χ2v) is 4.86. The summed E-state index contributed by atoms with van der Waals surface area (Å²) in [5.74, 6) is -1.63. The van der Waals surface area contributed by atoms with E-state index in [0.717, 1.165) is 12.1 Å². The van der Waals surface area contributed by atoms with E-state index >= 15 is 0 Å². The van der Waals surface area contributed by atoms with Crippen molar-refractivity contribution in [2.45, 2.75) is 11.5 Å². The number of benzene rings is 1. The molecule has 0 radical (unpaired) electrons. The van der Waals surface area contributed by atoms with Crippen molar-refractivity contribution in [2.24, 2.45) is 0 Å². The highest BCUT2D eigenvalue weighted by molar-refractivity contribution is 5.32. The lowest BCUT2D eigenvalue weighted by Crippen LogP contribution is -2.63. The molecule has 0 aliphatic carbocycles. The van der Waals surface area contributed by atoms with Crippen molar-refractivity contribution in [1.82, 2.24) is 5.32 Å². The Hall–Kier alpha value is -1.04. The summed E-state index contributed by atoms with van der Waals surface area (Å²) in [4.78, 5) is 0. The van der Waals surface area contributed by atoms with Gasteiger partial charge in [-0.15, -0.1) is 0 Å². The van der Waals surface area contributed by atoms with Gasteiger partial charge in [-0.3, -0.25) is 0 Å². The Labute approximate surface area is 104 Å². The molecule has 0 aromatic heterocycles. The standard InChI is InChI=1S/C13H15F2NO2/c14-10-2-1-9(5-11(10)15)13(7-18-8-13)12-6-17-4-3-16-12/h1-2,5,12,16H,3-4,6-8H2. The van der Waals surface area contributed by atoms with Crippen molar-refractivity contribution in [3.05, 3.63) is 35.4 Å². The molecule has 1 N–H and O–H groups in total. The van der Waals surface area contributed by atoms with Crippen molar-refractivity contribution in [3.8, 4) is 0 Å². The van der Waals surface area contributed by atoms with Crippen LogP contribution in [0, 0.1) is 11.6 Å². The van der Waals surface area contributed by atoms with Crippen molar-refractivity contribution < 1.29 is 18.3 Å². The van der Waals surface area contributed by atoms with Crippen LogP contribution in [-0.2, 0) is 14.9 Å². The largest absolute Gasteiger partial charge is 0.379 e. The molecule has 0 amide bonds. The van der Waals surface area contributed by atoms with Gasteiger partial charge >= 0.3 is 0 Å². The average molecular weight is 255 g/mol. The molecule has 1 aromatic carbocycles. The summed E-state index contributed by atoms with van der Waals surface area (Å²) in [6, 6.07) is 4.17. The fourth-order valence-corrected chi connectivity index (χ4v) is 2.62. The molecule has 5 heteroatoms. The number of rotatable bonds is 2. The Morgan fingerprint density at radius 3 is 2.56 bits per heavy atom. The number of morpholine rings is 1. The minimum Gasteiger partial charge on any atom is -0.379 e. The van der Waals surface area contributed by atoms with Crippen LogP contribution in [0.4, 0.5) is 8.78 Å². The third kappa shape index (κ3) is 1.83. The molecule has 2 heterocycles. The first-order valence-electron chi connectivity index (χ1n) is 6.07. The zero-order valence-electron chi connectivity index (χ0n) is 9.92. The summed E-state index contributed by atoms with van der Waals surface area (Å²) in [6.07, 6.45) is 0. The van der Waals surface area contributed by atoms with Crippen LogP contribution in [0.2, 0.25) is 0 Å². The Balaban J connectivity index is 1.92. The van der Waals surface area contributed by atoms with Gasteiger partial charge in [-0.25, -0.2) is 8.78 Å². The lowest BCUT2D eigenvalue weighted by molar-refractivity contribution is -0.101. The highest BCUT2D eigenvalue weighted by atomic mass is 19.2. The van der Waals surface area contributed by atoms with Crippen LogP contribution in [-0.4, -0.2) is 39.0 Å². The van der Waals surface area contributed by atoms with E-state index in [-0.39, 0.29) is 11.5 Å². The minimum absolute atomic E-state index is 0.0878. The first-order valence-corrected chi connectivity index (χ1v) is 6.07. The number of ether oxygens (including phenoxy) is 2. The lowest BCUT2D eigenvalue weighted by Gasteiger charge is -2.49. The molecule has 0 bridgehead atoms. The Kier molecular flexibility index (Phi) is 3.05. The van der Waals surface area contributed by atoms with Crippen LogP contribution >= 0.6 is 0 Å². The molecule has 2 saturated heterocycles. The number of nitrogens with one attached hydrogen (secondary N) is 1. The average Bonchev–Trinajstić information content (AvgIpc) is 2.34. The molecule has 1 atom stereocenters. The maximum absolute atomic E-state index is 13.4. The summed E-state index contributed by atoms with van der Waals surface area (Å²) in [5.41, 5.74) is 0.477. The zero-order valence-corrected chi connectivity index (χ0v) is 9.92. The van der Waals surface area contributed by atoms with Gasteiger partial charge in [0.1, 0.15) is 0 Å². The quantitative estimate of drug-likeness (QED) is 0.862. The van der Waals surface area contributed by atoms with Gasteiger partial charge in [0.05, 0.1) is 31.8 Å². The molecule has 1 unspecified atom stereocenters. The summed E-state index contributed by atoms with van der Waals surface area (Å²) in [7, 11) is 0. The van der Waals surface area contributed by atoms with Gasteiger partial charge in [-0.1, -0.05) is 6.07 Å². The third-order valence-electron chi connectivity index (χ3n) is 3.80. The Morgan fingerprint density at radius 2 is 2.00 bits per heavy atom. The van der Waals surface area contributed by atoms with E-state index in [4.69, 9.17) is 9.47 Å². The van der Waals surface area contributed by atoms with Crippen molar-refractivity contribution in [1.29, 1.82) is 0 Å². The van der Waals surface area contributed by atoms with E-state index in [1.807, 2.05) is 0 Å². The van der Waals surface area contributed by atoms with Gasteiger partial charge in [0.2, 0.25) is 0 Å². The molecule has 3 rings (SSSR count). The van der Waals surface area contributed by atoms with Gasteiger partial charge in [-0.2, -0.15) is 0 Å². The molecule has 2 aliphatic heterocycles. The van der Waals surface area contributed by atoms with E-state index in [2.05, 4.69) is 5.32 Å². The number of halogens is 2. The van der Waals surface area contributed by atoms with E-state index in [0.29, 0.717) is 26.4 Å². The molecular formula is C13H15F2NO2. The topological polar surface area (TPSA) is 30.5 Å². The van der Waals surface area contributed by atoms with Gasteiger partial charge in [0, 0.05) is 12.6 Å². The van der Waals surface area contributed by atoms with E-state index in [1.54, 1.807) is 6.07 Å². The smallest absolute Gasteiger partial charge is 0.159 e. The first-order chi connectivity index (χ1) is 8.72. The summed E-state index contributed by atoms with van der Waals surface area (Å²) >= 11 is 0. The molecule has 0 spiro atoms. The monoisotopic (exact) mass is 255 g/mol. The Bertz CT molecular complexity index is 443. The lowest BCUT2D eigenvalue weighted by atomic mass is 9.72. The molecule has 0 saturated carbocycles. The van der Waals surface area contributed by atoms with Gasteiger partial charge < -0.3 is 14.8 Å². The highest BCUT2D eigenvalue weighted by Gasteiger charge is 2.48. The second-order valence-electron chi connectivity index (χ2n) is 4.86. The van der Waals surface area contributed by atoms with E-state index in [1.165, 1.54) is 12.1 Å². The van der Waals surface area contributed by atoms with Gasteiger partial charge in [0.25, 0.3) is 0 Å². The first kappa shape index (κ1) is 12.0. The fraction of sp³-hybridized carbons (Fsp3) is 0.538. The number of hydrogen-bond acceptors (Lipinski definition) is 3. The van der Waals surface area contributed by atoms with Crippen molar-refractivity contribution in [2.75, 3.05) is 33.0 Å². The maximum Gasteiger partial charge on any atom is 0.159 e. The SMILES string of the molecule is Fc1ccc(C2(C3COCCN3)COC2)cc1F.